The Morgan fingerprint density at radius 2 is 1.88 bits per heavy atom. The normalized spacial score (nSPS) is 15.5. The van der Waals surface area contributed by atoms with Gasteiger partial charge in [0.05, 0.1) is 14.8 Å². The van der Waals surface area contributed by atoms with Crippen molar-refractivity contribution in [2.24, 2.45) is 0 Å². The predicted molar refractivity (Wildman–Crippen MR) is 103 cm³/mol. The van der Waals surface area contributed by atoms with Gasteiger partial charge in [-0.1, -0.05) is 18.2 Å². The summed E-state index contributed by atoms with van der Waals surface area (Å²) in [6.45, 7) is 1.41. The maximum atomic E-state index is 13.1. The van der Waals surface area contributed by atoms with Gasteiger partial charge in [0.1, 0.15) is 4.21 Å². The van der Waals surface area contributed by atoms with Crippen molar-refractivity contribution < 1.29 is 8.42 Å². The molecule has 2 aromatic heterocycles. The number of para-hydroxylation sites is 2. The number of hydrogen-bond acceptors (Lipinski definition) is 5. The molecule has 1 aliphatic heterocycles. The second kappa shape index (κ2) is 6.24. The highest BCUT2D eigenvalue weighted by molar-refractivity contribution is 9.11. The third-order valence-corrected chi connectivity index (χ3v) is 7.86. The highest BCUT2D eigenvalue weighted by atomic mass is 79.9. The van der Waals surface area contributed by atoms with Crippen LogP contribution in [0, 0.1) is 0 Å². The number of imidazole rings is 1. The summed E-state index contributed by atoms with van der Waals surface area (Å²) in [6, 6.07) is 10.1. The molecule has 9 heteroatoms. The highest BCUT2D eigenvalue weighted by Crippen LogP contribution is 2.29. The number of rotatable bonds is 3. The Hall–Kier alpha value is -1.68. The summed E-state index contributed by atoms with van der Waals surface area (Å²) in [5, 5.41) is 3.20. The molecular weight excluding hydrogens is 426 g/mol. The zero-order chi connectivity index (χ0) is 17.6. The molecule has 0 amide bonds. The molecule has 0 atom stereocenters. The van der Waals surface area contributed by atoms with E-state index in [-0.39, 0.29) is 4.21 Å². The molecule has 0 aliphatic carbocycles. The van der Waals surface area contributed by atoms with Crippen molar-refractivity contribution in [2.45, 2.75) is 10.6 Å². The summed E-state index contributed by atoms with van der Waals surface area (Å²) in [4.78, 5) is 13.1. The van der Waals surface area contributed by atoms with E-state index in [0.717, 1.165) is 27.6 Å². The van der Waals surface area contributed by atoms with Gasteiger partial charge in [0.25, 0.3) is 10.0 Å². The first-order chi connectivity index (χ1) is 12.0. The van der Waals surface area contributed by atoms with Crippen molar-refractivity contribution in [1.29, 1.82) is 0 Å². The number of hydrogen-bond donors (Lipinski definition) is 1. The number of benzene rings is 1. The molecular formula is C16H14BrN3O3S2. The van der Waals surface area contributed by atoms with Crippen molar-refractivity contribution in [1.82, 2.24) is 13.9 Å². The van der Waals surface area contributed by atoms with E-state index in [9.17, 15) is 13.2 Å². The van der Waals surface area contributed by atoms with Gasteiger partial charge in [-0.05, 0) is 40.2 Å². The van der Waals surface area contributed by atoms with Crippen molar-refractivity contribution in [3.05, 3.63) is 56.7 Å². The van der Waals surface area contributed by atoms with E-state index in [0.29, 0.717) is 27.8 Å². The van der Waals surface area contributed by atoms with Crippen LogP contribution in [0.3, 0.4) is 0 Å². The Bertz CT molecular complexity index is 1150. The number of nitrogens with one attached hydrogen (secondary N) is 1. The second-order valence-corrected chi connectivity index (χ2v) is 10.1. The van der Waals surface area contributed by atoms with E-state index in [1.807, 2.05) is 6.08 Å². The lowest BCUT2D eigenvalue weighted by Crippen LogP contribution is -2.31. The predicted octanol–water partition coefficient (Wildman–Crippen LogP) is 2.70. The molecule has 4 rings (SSSR count). The van der Waals surface area contributed by atoms with Gasteiger partial charge in [-0.25, -0.2) is 4.79 Å². The minimum absolute atomic E-state index is 0.128. The van der Waals surface area contributed by atoms with Crippen molar-refractivity contribution >= 4 is 54.0 Å². The summed E-state index contributed by atoms with van der Waals surface area (Å²) in [5.74, 6) is 0. The molecule has 6 nitrogen and oxygen atoms in total. The van der Waals surface area contributed by atoms with Crippen LogP contribution in [0.1, 0.15) is 6.42 Å². The SMILES string of the molecule is O=c1n(C2=CCNCC2)c2ccccc2n1S(=O)(=O)c1ccc(Br)s1. The number of nitrogens with zero attached hydrogens (tertiary/aromatic N) is 2. The maximum Gasteiger partial charge on any atom is 0.347 e. The molecule has 25 heavy (non-hydrogen) atoms. The molecule has 0 fully saturated rings. The van der Waals surface area contributed by atoms with Crippen LogP contribution < -0.4 is 11.0 Å². The molecule has 130 valence electrons. The molecule has 0 spiro atoms. The van der Waals surface area contributed by atoms with Gasteiger partial charge in [-0.15, -0.1) is 11.3 Å². The smallest absolute Gasteiger partial charge is 0.313 e. The lowest BCUT2D eigenvalue weighted by Gasteiger charge is -2.14. The molecule has 0 saturated heterocycles. The van der Waals surface area contributed by atoms with Gasteiger partial charge in [-0.2, -0.15) is 12.4 Å². The first-order valence-corrected chi connectivity index (χ1v) is 10.7. The Balaban J connectivity index is 2.04. The number of fused-ring (bicyclic) bond motifs is 1. The molecule has 1 aromatic carbocycles. The highest BCUT2D eigenvalue weighted by Gasteiger charge is 2.27. The third-order valence-electron chi connectivity index (χ3n) is 4.08. The molecule has 0 bridgehead atoms. The topological polar surface area (TPSA) is 73.1 Å². The van der Waals surface area contributed by atoms with Crippen LogP contribution in [0.2, 0.25) is 0 Å². The first kappa shape index (κ1) is 16.8. The van der Waals surface area contributed by atoms with E-state index in [2.05, 4.69) is 21.2 Å². The van der Waals surface area contributed by atoms with Crippen LogP contribution in [0.5, 0.6) is 0 Å². The fraction of sp³-hybridized carbons (Fsp3) is 0.188. The van der Waals surface area contributed by atoms with Crippen molar-refractivity contribution in [3.63, 3.8) is 0 Å². The average Bonchev–Trinajstić information content (AvgIpc) is 3.17. The fourth-order valence-corrected chi connectivity index (χ4v) is 6.45. The minimum Gasteiger partial charge on any atom is -0.313 e. The molecule has 0 radical (unpaired) electrons. The van der Waals surface area contributed by atoms with Crippen LogP contribution in [-0.2, 0) is 10.0 Å². The van der Waals surface area contributed by atoms with Gasteiger partial charge in [0.15, 0.2) is 0 Å². The Labute approximate surface area is 156 Å². The largest absolute Gasteiger partial charge is 0.347 e. The lowest BCUT2D eigenvalue weighted by atomic mass is 10.2. The number of halogens is 1. The number of aromatic nitrogens is 2. The van der Waals surface area contributed by atoms with Gasteiger partial charge in [0, 0.05) is 25.2 Å². The zero-order valence-electron chi connectivity index (χ0n) is 13.0. The summed E-state index contributed by atoms with van der Waals surface area (Å²) in [7, 11) is -3.96. The summed E-state index contributed by atoms with van der Waals surface area (Å²) < 4.78 is 29.4. The average molecular weight is 440 g/mol. The molecule has 1 aliphatic rings. The Morgan fingerprint density at radius 1 is 1.12 bits per heavy atom. The molecule has 3 heterocycles. The van der Waals surface area contributed by atoms with E-state index >= 15 is 0 Å². The Kier molecular flexibility index (Phi) is 4.19. The second-order valence-electron chi connectivity index (χ2n) is 5.58. The summed E-state index contributed by atoms with van der Waals surface area (Å²) >= 11 is 4.37. The van der Waals surface area contributed by atoms with Crippen LogP contribution in [0.4, 0.5) is 0 Å². The van der Waals surface area contributed by atoms with Gasteiger partial charge in [0.2, 0.25) is 0 Å². The molecule has 1 N–H and O–H groups in total. The van der Waals surface area contributed by atoms with Crippen LogP contribution in [-0.4, -0.2) is 30.0 Å². The first-order valence-electron chi connectivity index (χ1n) is 7.64. The van der Waals surface area contributed by atoms with E-state index < -0.39 is 15.7 Å². The number of thiophene rings is 1. The van der Waals surface area contributed by atoms with Crippen molar-refractivity contribution in [3.8, 4) is 0 Å². The van der Waals surface area contributed by atoms with E-state index in [1.54, 1.807) is 30.3 Å². The van der Waals surface area contributed by atoms with E-state index in [4.69, 9.17) is 0 Å². The van der Waals surface area contributed by atoms with E-state index in [1.165, 1.54) is 10.6 Å². The summed E-state index contributed by atoms with van der Waals surface area (Å²) in [6.07, 6.45) is 2.59. The van der Waals surface area contributed by atoms with Gasteiger partial charge in [-0.3, -0.25) is 4.57 Å². The third kappa shape index (κ3) is 2.71. The Morgan fingerprint density at radius 3 is 2.52 bits per heavy atom. The molecule has 3 aromatic rings. The maximum absolute atomic E-state index is 13.1. The van der Waals surface area contributed by atoms with Gasteiger partial charge >= 0.3 is 5.69 Å². The van der Waals surface area contributed by atoms with Crippen molar-refractivity contribution in [2.75, 3.05) is 13.1 Å². The monoisotopic (exact) mass is 439 g/mol. The molecule has 0 unspecified atom stereocenters. The standard InChI is InChI=1S/C16H14BrN3O3S2/c17-14-5-6-15(24-14)25(22,23)20-13-4-2-1-3-12(13)19(16(20)21)11-7-9-18-10-8-11/h1-7,18H,8-10H2. The zero-order valence-corrected chi connectivity index (χ0v) is 16.2. The van der Waals surface area contributed by atoms with Crippen LogP contribution in [0.25, 0.3) is 16.7 Å². The summed E-state index contributed by atoms with van der Waals surface area (Å²) in [5.41, 5.74) is 1.25. The fourth-order valence-electron chi connectivity index (χ4n) is 2.97. The van der Waals surface area contributed by atoms with Crippen LogP contribution >= 0.6 is 27.3 Å². The molecule has 0 saturated carbocycles. The van der Waals surface area contributed by atoms with Crippen LogP contribution in [0.15, 0.2) is 55.3 Å². The quantitative estimate of drug-likeness (QED) is 0.680. The lowest BCUT2D eigenvalue weighted by molar-refractivity contribution is 0.588. The van der Waals surface area contributed by atoms with Gasteiger partial charge < -0.3 is 5.32 Å². The minimum atomic E-state index is -3.96.